The monoisotopic (exact) mass is 416 g/mol. The highest BCUT2D eigenvalue weighted by Gasteiger charge is 2.50. The summed E-state index contributed by atoms with van der Waals surface area (Å²) in [6.45, 7) is 13.2. The molecule has 7 atom stereocenters. The maximum atomic E-state index is 10.3. The average molecular weight is 417 g/mol. The van der Waals surface area contributed by atoms with Gasteiger partial charge in [0.05, 0.1) is 18.3 Å². The quantitative estimate of drug-likeness (QED) is 0.531. The molecule has 0 spiro atoms. The molecule has 0 saturated heterocycles. The molecular weight excluding hydrogens is 372 g/mol. The predicted molar refractivity (Wildman–Crippen MR) is 124 cm³/mol. The Labute approximate surface area is 184 Å². The second-order valence-electron chi connectivity index (χ2n) is 11.0. The maximum absolute atomic E-state index is 10.3. The smallest absolute Gasteiger partial charge is 0.0811 e. The van der Waals surface area contributed by atoms with Crippen molar-refractivity contribution in [3.8, 4) is 0 Å². The number of hydrogen-bond acceptors (Lipinski definition) is 3. The minimum Gasteiger partial charge on any atom is -0.393 e. The molecular formula is C27H44O3. The first-order chi connectivity index (χ1) is 14.1. The summed E-state index contributed by atoms with van der Waals surface area (Å²) in [7, 11) is 0. The van der Waals surface area contributed by atoms with E-state index in [0.29, 0.717) is 36.0 Å². The van der Waals surface area contributed by atoms with Crippen LogP contribution in [-0.2, 0) is 0 Å². The highest BCUT2D eigenvalue weighted by molar-refractivity contribution is 5.38. The number of allylic oxidation sites excluding steroid dienone is 3. The minimum absolute atomic E-state index is 0.180. The largest absolute Gasteiger partial charge is 0.393 e. The zero-order chi connectivity index (χ0) is 22.1. The van der Waals surface area contributed by atoms with Gasteiger partial charge in [0.2, 0.25) is 0 Å². The van der Waals surface area contributed by atoms with Crippen LogP contribution in [0.3, 0.4) is 0 Å². The number of rotatable bonds is 6. The fourth-order valence-electron chi connectivity index (χ4n) is 6.65. The van der Waals surface area contributed by atoms with Gasteiger partial charge in [-0.25, -0.2) is 0 Å². The van der Waals surface area contributed by atoms with Crippen molar-refractivity contribution >= 4 is 0 Å². The summed E-state index contributed by atoms with van der Waals surface area (Å²) in [6.07, 6.45) is 12.4. The molecule has 0 heterocycles. The Balaban J connectivity index is 1.72. The molecule has 3 aliphatic carbocycles. The first kappa shape index (κ1) is 23.8. The van der Waals surface area contributed by atoms with Crippen molar-refractivity contribution in [1.29, 1.82) is 0 Å². The van der Waals surface area contributed by atoms with Gasteiger partial charge < -0.3 is 15.3 Å². The van der Waals surface area contributed by atoms with E-state index in [9.17, 15) is 15.3 Å². The van der Waals surface area contributed by atoms with Crippen LogP contribution < -0.4 is 0 Å². The Morgan fingerprint density at radius 2 is 1.87 bits per heavy atom. The molecule has 0 bridgehead atoms. The Morgan fingerprint density at radius 1 is 1.13 bits per heavy atom. The number of hydrogen-bond donors (Lipinski definition) is 3. The summed E-state index contributed by atoms with van der Waals surface area (Å²) in [6, 6.07) is 0. The standard InChI is InChI=1S/C27H44O3/c1-17(2)25(29)13-8-18(3)23-11-12-24-20(7-6-14-27(23,24)5)9-10-21-15-22(28)16-26(30)19(21)4/h9-10,17-18,22-26,28-30H,4,6-8,11-16H2,1-3,5H3/b20-9+,21-10-/t18-,22-,23-,24+,25?,26?,27-/m1/s1. The molecule has 3 N–H and O–H groups in total. The average Bonchev–Trinajstić information content (AvgIpc) is 3.04. The van der Waals surface area contributed by atoms with E-state index in [2.05, 4.69) is 46.4 Å². The molecule has 3 fully saturated rings. The molecule has 0 amide bonds. The van der Waals surface area contributed by atoms with Gasteiger partial charge in [-0.3, -0.25) is 0 Å². The number of aliphatic hydroxyl groups excluding tert-OH is 3. The van der Waals surface area contributed by atoms with Crippen molar-refractivity contribution in [2.75, 3.05) is 0 Å². The normalized spacial score (nSPS) is 39.5. The van der Waals surface area contributed by atoms with Gasteiger partial charge in [0.1, 0.15) is 0 Å². The van der Waals surface area contributed by atoms with E-state index >= 15 is 0 Å². The summed E-state index contributed by atoms with van der Waals surface area (Å²) in [5, 5.41) is 30.4. The van der Waals surface area contributed by atoms with Crippen molar-refractivity contribution in [3.05, 3.63) is 35.5 Å². The molecule has 0 aromatic carbocycles. The lowest BCUT2D eigenvalue weighted by atomic mass is 9.60. The van der Waals surface area contributed by atoms with Crippen molar-refractivity contribution in [2.24, 2.45) is 29.1 Å². The summed E-state index contributed by atoms with van der Waals surface area (Å²) in [4.78, 5) is 0. The lowest BCUT2D eigenvalue weighted by molar-refractivity contribution is 0.0717. The van der Waals surface area contributed by atoms with Gasteiger partial charge in [-0.1, -0.05) is 52.0 Å². The van der Waals surface area contributed by atoms with Crippen LogP contribution in [0.25, 0.3) is 0 Å². The van der Waals surface area contributed by atoms with Crippen molar-refractivity contribution < 1.29 is 15.3 Å². The van der Waals surface area contributed by atoms with E-state index in [1.807, 2.05) is 0 Å². The van der Waals surface area contributed by atoms with Gasteiger partial charge in [0.25, 0.3) is 0 Å². The Morgan fingerprint density at radius 3 is 2.57 bits per heavy atom. The van der Waals surface area contributed by atoms with Crippen LogP contribution in [0, 0.1) is 29.1 Å². The Bertz CT molecular complexity index is 676. The lowest BCUT2D eigenvalue weighted by Gasteiger charge is -2.44. The van der Waals surface area contributed by atoms with E-state index < -0.39 is 12.2 Å². The van der Waals surface area contributed by atoms with Crippen LogP contribution in [0.15, 0.2) is 35.5 Å². The van der Waals surface area contributed by atoms with Gasteiger partial charge >= 0.3 is 0 Å². The second-order valence-corrected chi connectivity index (χ2v) is 11.0. The van der Waals surface area contributed by atoms with Crippen LogP contribution in [0.5, 0.6) is 0 Å². The zero-order valence-corrected chi connectivity index (χ0v) is 19.6. The van der Waals surface area contributed by atoms with Gasteiger partial charge in [-0.15, -0.1) is 0 Å². The molecule has 3 heteroatoms. The maximum Gasteiger partial charge on any atom is 0.0811 e. The molecule has 3 aliphatic rings. The van der Waals surface area contributed by atoms with Crippen LogP contribution in [0.1, 0.15) is 85.5 Å². The van der Waals surface area contributed by atoms with E-state index in [4.69, 9.17) is 0 Å². The topological polar surface area (TPSA) is 60.7 Å². The third-order valence-electron chi connectivity index (χ3n) is 8.68. The van der Waals surface area contributed by atoms with Crippen molar-refractivity contribution in [2.45, 2.75) is 104 Å². The molecule has 3 nitrogen and oxygen atoms in total. The highest BCUT2D eigenvalue weighted by atomic mass is 16.3. The summed E-state index contributed by atoms with van der Waals surface area (Å²) in [5.74, 6) is 2.35. The molecule has 3 saturated carbocycles. The van der Waals surface area contributed by atoms with E-state index in [-0.39, 0.29) is 6.10 Å². The molecule has 0 aromatic heterocycles. The molecule has 30 heavy (non-hydrogen) atoms. The Kier molecular flexibility index (Phi) is 7.69. The molecule has 2 unspecified atom stereocenters. The van der Waals surface area contributed by atoms with E-state index in [1.54, 1.807) is 5.57 Å². The lowest BCUT2D eigenvalue weighted by Crippen LogP contribution is -2.36. The molecule has 0 radical (unpaired) electrons. The summed E-state index contributed by atoms with van der Waals surface area (Å²) < 4.78 is 0. The number of aliphatic hydroxyl groups is 3. The van der Waals surface area contributed by atoms with Crippen molar-refractivity contribution in [3.63, 3.8) is 0 Å². The van der Waals surface area contributed by atoms with Gasteiger partial charge in [0.15, 0.2) is 0 Å². The molecule has 3 rings (SSSR count). The number of fused-ring (bicyclic) bond motifs is 1. The van der Waals surface area contributed by atoms with Gasteiger partial charge in [-0.2, -0.15) is 0 Å². The first-order valence-electron chi connectivity index (χ1n) is 12.3. The third-order valence-corrected chi connectivity index (χ3v) is 8.68. The third kappa shape index (κ3) is 4.95. The van der Waals surface area contributed by atoms with E-state index in [0.717, 1.165) is 36.3 Å². The predicted octanol–water partition coefficient (Wildman–Crippen LogP) is 5.56. The SMILES string of the molecule is C=C1/C(=C\C=C2/CCC[C@]3(C)[C@@H]([C@H](C)CCC(O)C(C)C)CC[C@@H]23)C[C@@H](O)CC1O. The van der Waals surface area contributed by atoms with Crippen LogP contribution in [-0.4, -0.2) is 33.6 Å². The van der Waals surface area contributed by atoms with Gasteiger partial charge in [-0.05, 0) is 91.6 Å². The molecule has 0 aromatic rings. The highest BCUT2D eigenvalue weighted by Crippen LogP contribution is 2.60. The summed E-state index contributed by atoms with van der Waals surface area (Å²) in [5.41, 5.74) is 3.69. The second kappa shape index (κ2) is 9.71. The summed E-state index contributed by atoms with van der Waals surface area (Å²) >= 11 is 0. The van der Waals surface area contributed by atoms with Crippen LogP contribution in [0.4, 0.5) is 0 Å². The van der Waals surface area contributed by atoms with Crippen molar-refractivity contribution in [1.82, 2.24) is 0 Å². The van der Waals surface area contributed by atoms with Crippen LogP contribution in [0.2, 0.25) is 0 Å². The Hall–Kier alpha value is -0.900. The molecule has 170 valence electrons. The molecule has 0 aliphatic heterocycles. The zero-order valence-electron chi connectivity index (χ0n) is 19.6. The van der Waals surface area contributed by atoms with Gasteiger partial charge in [0, 0.05) is 6.42 Å². The first-order valence-corrected chi connectivity index (χ1v) is 12.3. The fourth-order valence-corrected chi connectivity index (χ4v) is 6.65. The van der Waals surface area contributed by atoms with E-state index in [1.165, 1.54) is 25.7 Å². The minimum atomic E-state index is -0.618. The fraction of sp³-hybridized carbons (Fsp3) is 0.778. The van der Waals surface area contributed by atoms with Crippen LogP contribution >= 0.6 is 0 Å².